The highest BCUT2D eigenvalue weighted by molar-refractivity contribution is 9.10. The SMILES string of the molecule is Cn1cc(-c2ccccn2)c2c(=O)n(CC(F)(F)F)c(Br)nc21. The van der Waals surface area contributed by atoms with Gasteiger partial charge in [-0.1, -0.05) is 6.07 Å². The number of hydrogen-bond acceptors (Lipinski definition) is 3. The van der Waals surface area contributed by atoms with Gasteiger partial charge in [0.2, 0.25) is 0 Å². The summed E-state index contributed by atoms with van der Waals surface area (Å²) in [6, 6.07) is 5.14. The average molecular weight is 387 g/mol. The van der Waals surface area contributed by atoms with Crippen molar-refractivity contribution in [2.45, 2.75) is 12.7 Å². The van der Waals surface area contributed by atoms with Crippen LogP contribution in [0.15, 0.2) is 40.1 Å². The summed E-state index contributed by atoms with van der Waals surface area (Å²) in [5.74, 6) is 0. The summed E-state index contributed by atoms with van der Waals surface area (Å²) in [5.41, 5.74) is 0.475. The molecular weight excluding hydrogens is 377 g/mol. The van der Waals surface area contributed by atoms with E-state index in [9.17, 15) is 18.0 Å². The number of hydrogen-bond donors (Lipinski definition) is 0. The molecule has 3 aromatic rings. The first kappa shape index (κ1) is 15.7. The molecule has 0 aliphatic carbocycles. The maximum absolute atomic E-state index is 12.7. The average Bonchev–Trinajstić information content (AvgIpc) is 2.81. The van der Waals surface area contributed by atoms with Gasteiger partial charge in [-0.2, -0.15) is 13.2 Å². The predicted molar refractivity (Wildman–Crippen MR) is 82.0 cm³/mol. The van der Waals surface area contributed by atoms with Gasteiger partial charge in [-0.05, 0) is 28.1 Å². The summed E-state index contributed by atoms with van der Waals surface area (Å²) in [4.78, 5) is 20.8. The third kappa shape index (κ3) is 2.88. The molecule has 3 heterocycles. The summed E-state index contributed by atoms with van der Waals surface area (Å²) >= 11 is 2.94. The summed E-state index contributed by atoms with van der Waals surface area (Å²) in [6.07, 6.45) is -1.35. The van der Waals surface area contributed by atoms with Crippen molar-refractivity contribution in [3.63, 3.8) is 0 Å². The molecule has 0 bridgehead atoms. The molecule has 0 atom stereocenters. The van der Waals surface area contributed by atoms with E-state index in [0.29, 0.717) is 21.5 Å². The van der Waals surface area contributed by atoms with E-state index in [-0.39, 0.29) is 10.1 Å². The molecule has 3 rings (SSSR count). The van der Waals surface area contributed by atoms with Gasteiger partial charge >= 0.3 is 6.18 Å². The van der Waals surface area contributed by atoms with Crippen LogP contribution < -0.4 is 5.56 Å². The standard InChI is InChI=1S/C14H10BrF3N4O/c1-21-6-8(9-4-2-3-5-19-9)10-11(21)20-13(15)22(12(10)23)7-14(16,17)18/h2-6H,7H2,1H3. The van der Waals surface area contributed by atoms with Crippen LogP contribution in [0.4, 0.5) is 13.2 Å². The molecule has 120 valence electrons. The van der Waals surface area contributed by atoms with E-state index in [1.54, 1.807) is 42.2 Å². The second-order valence-corrected chi connectivity index (χ2v) is 5.66. The van der Waals surface area contributed by atoms with Gasteiger partial charge in [0.1, 0.15) is 12.2 Å². The molecular formula is C14H10BrF3N4O. The Hall–Kier alpha value is -2.16. The minimum Gasteiger partial charge on any atom is -0.335 e. The first-order valence-corrected chi connectivity index (χ1v) is 7.31. The van der Waals surface area contributed by atoms with Crippen molar-refractivity contribution in [2.75, 3.05) is 0 Å². The molecule has 0 saturated carbocycles. The molecule has 5 nitrogen and oxygen atoms in total. The number of aromatic nitrogens is 4. The van der Waals surface area contributed by atoms with Crippen LogP contribution in [-0.4, -0.2) is 25.3 Å². The quantitative estimate of drug-likeness (QED) is 0.635. The highest BCUT2D eigenvalue weighted by atomic mass is 79.9. The normalized spacial score (nSPS) is 12.0. The van der Waals surface area contributed by atoms with Gasteiger partial charge in [-0.25, -0.2) is 4.98 Å². The van der Waals surface area contributed by atoms with E-state index in [2.05, 4.69) is 25.9 Å². The Kier molecular flexibility index (Phi) is 3.75. The third-order valence-corrected chi connectivity index (χ3v) is 3.91. The molecule has 23 heavy (non-hydrogen) atoms. The molecule has 0 N–H and O–H groups in total. The van der Waals surface area contributed by atoms with Gasteiger partial charge in [0.15, 0.2) is 4.73 Å². The molecule has 0 fully saturated rings. The molecule has 0 aliphatic heterocycles. The second-order valence-electron chi connectivity index (χ2n) is 4.95. The first-order valence-electron chi connectivity index (χ1n) is 6.51. The maximum atomic E-state index is 12.7. The van der Waals surface area contributed by atoms with Gasteiger partial charge in [0.05, 0.1) is 11.1 Å². The number of nitrogens with zero attached hydrogens (tertiary/aromatic N) is 4. The lowest BCUT2D eigenvalue weighted by Gasteiger charge is -2.11. The highest BCUT2D eigenvalue weighted by Gasteiger charge is 2.31. The second kappa shape index (κ2) is 5.48. The van der Waals surface area contributed by atoms with Crippen LogP contribution in [0.25, 0.3) is 22.3 Å². The van der Waals surface area contributed by atoms with Crippen molar-refractivity contribution in [3.8, 4) is 11.3 Å². The van der Waals surface area contributed by atoms with Crippen LogP contribution in [-0.2, 0) is 13.6 Å². The molecule has 0 amide bonds. The highest BCUT2D eigenvalue weighted by Crippen LogP contribution is 2.27. The zero-order chi connectivity index (χ0) is 16.8. The third-order valence-electron chi connectivity index (χ3n) is 3.31. The van der Waals surface area contributed by atoms with E-state index in [4.69, 9.17) is 0 Å². The Bertz CT molecular complexity index is 931. The Labute approximate surface area is 136 Å². The van der Waals surface area contributed by atoms with E-state index < -0.39 is 18.3 Å². The van der Waals surface area contributed by atoms with Crippen LogP contribution >= 0.6 is 15.9 Å². The molecule has 0 aromatic carbocycles. The molecule has 0 radical (unpaired) electrons. The Morgan fingerprint density at radius 1 is 1.30 bits per heavy atom. The number of fused-ring (bicyclic) bond motifs is 1. The lowest BCUT2D eigenvalue weighted by molar-refractivity contribution is -0.141. The van der Waals surface area contributed by atoms with E-state index in [0.717, 1.165) is 0 Å². The van der Waals surface area contributed by atoms with Crippen molar-refractivity contribution < 1.29 is 13.2 Å². The minimum atomic E-state index is -4.53. The lowest BCUT2D eigenvalue weighted by Crippen LogP contribution is -2.29. The largest absolute Gasteiger partial charge is 0.406 e. The van der Waals surface area contributed by atoms with Crippen LogP contribution in [0.5, 0.6) is 0 Å². The first-order chi connectivity index (χ1) is 10.8. The van der Waals surface area contributed by atoms with Gasteiger partial charge in [-0.3, -0.25) is 14.3 Å². The van der Waals surface area contributed by atoms with Crippen LogP contribution in [0.2, 0.25) is 0 Å². The van der Waals surface area contributed by atoms with Crippen LogP contribution in [0.1, 0.15) is 0 Å². The smallest absolute Gasteiger partial charge is 0.335 e. The van der Waals surface area contributed by atoms with Crippen molar-refractivity contribution in [1.29, 1.82) is 0 Å². The van der Waals surface area contributed by atoms with Crippen LogP contribution in [0, 0.1) is 0 Å². The van der Waals surface area contributed by atoms with Crippen molar-refractivity contribution >= 4 is 27.0 Å². The summed E-state index contributed by atoms with van der Waals surface area (Å²) < 4.78 is 40.1. The van der Waals surface area contributed by atoms with E-state index in [1.165, 1.54) is 0 Å². The fourth-order valence-corrected chi connectivity index (χ4v) is 2.82. The van der Waals surface area contributed by atoms with E-state index in [1.807, 2.05) is 0 Å². The topological polar surface area (TPSA) is 52.7 Å². The minimum absolute atomic E-state index is 0.110. The summed E-state index contributed by atoms with van der Waals surface area (Å²) in [6.45, 7) is -1.41. The van der Waals surface area contributed by atoms with Gasteiger partial charge in [-0.15, -0.1) is 0 Å². The number of halogens is 4. The Morgan fingerprint density at radius 2 is 2.04 bits per heavy atom. The molecule has 0 spiro atoms. The van der Waals surface area contributed by atoms with Gasteiger partial charge < -0.3 is 4.57 Å². The fourth-order valence-electron chi connectivity index (χ4n) is 2.36. The summed E-state index contributed by atoms with van der Waals surface area (Å²) in [5, 5.41) is 0.110. The van der Waals surface area contributed by atoms with E-state index >= 15 is 0 Å². The maximum Gasteiger partial charge on any atom is 0.406 e. The number of rotatable bonds is 2. The lowest BCUT2D eigenvalue weighted by atomic mass is 10.1. The monoisotopic (exact) mass is 386 g/mol. The summed E-state index contributed by atoms with van der Waals surface area (Å²) in [7, 11) is 1.67. The van der Waals surface area contributed by atoms with Crippen molar-refractivity contribution in [2.24, 2.45) is 7.05 Å². The molecule has 0 aliphatic rings. The van der Waals surface area contributed by atoms with Gasteiger partial charge in [0, 0.05) is 25.0 Å². The zero-order valence-electron chi connectivity index (χ0n) is 11.8. The zero-order valence-corrected chi connectivity index (χ0v) is 13.4. The van der Waals surface area contributed by atoms with Crippen LogP contribution in [0.3, 0.4) is 0 Å². The number of pyridine rings is 1. The molecule has 9 heteroatoms. The Morgan fingerprint density at radius 3 is 2.65 bits per heavy atom. The predicted octanol–water partition coefficient (Wildman–Crippen LogP) is 3.12. The molecule has 0 saturated heterocycles. The van der Waals surface area contributed by atoms with Crippen molar-refractivity contribution in [1.82, 2.24) is 19.1 Å². The number of aryl methyl sites for hydroxylation is 1. The van der Waals surface area contributed by atoms with Crippen molar-refractivity contribution in [3.05, 3.63) is 45.7 Å². The number of alkyl halides is 3. The molecule has 3 aromatic heterocycles. The van der Waals surface area contributed by atoms with Gasteiger partial charge in [0.25, 0.3) is 5.56 Å². The fraction of sp³-hybridized carbons (Fsp3) is 0.214. The Balaban J connectivity index is 2.33. The molecule has 0 unspecified atom stereocenters.